The van der Waals surface area contributed by atoms with Crippen molar-refractivity contribution >= 4 is 46.6 Å². The Hall–Kier alpha value is -4.58. The van der Waals surface area contributed by atoms with Gasteiger partial charge in [-0.1, -0.05) is 42.3 Å². The number of carbonyl (C=O) groups excluding carboxylic acids is 3. The van der Waals surface area contributed by atoms with Crippen molar-refractivity contribution < 1.29 is 23.5 Å². The highest BCUT2D eigenvalue weighted by Gasteiger charge is 2.37. The maximum absolute atomic E-state index is 14.7. The first-order valence-corrected chi connectivity index (χ1v) is 14.2. The van der Waals surface area contributed by atoms with Crippen molar-refractivity contribution in [3.8, 4) is 11.1 Å². The van der Waals surface area contributed by atoms with Gasteiger partial charge in [-0.3, -0.25) is 19.9 Å². The fraction of sp³-hybridized carbons (Fsp3) is 0.333. The molecule has 0 spiro atoms. The van der Waals surface area contributed by atoms with Crippen LogP contribution in [0.4, 0.5) is 26.2 Å². The molecule has 3 heterocycles. The van der Waals surface area contributed by atoms with Crippen LogP contribution in [-0.4, -0.2) is 42.1 Å². The summed E-state index contributed by atoms with van der Waals surface area (Å²) in [6, 6.07) is 11.5. The maximum atomic E-state index is 14.7. The molecule has 11 nitrogen and oxygen atoms in total. The van der Waals surface area contributed by atoms with Gasteiger partial charge in [0.1, 0.15) is 0 Å². The van der Waals surface area contributed by atoms with Crippen molar-refractivity contribution in [2.75, 3.05) is 22.8 Å². The Labute approximate surface area is 252 Å². The number of nitrogens with one attached hydrogen (secondary N) is 3. The van der Waals surface area contributed by atoms with Crippen LogP contribution in [0, 0.1) is 11.7 Å². The van der Waals surface area contributed by atoms with Gasteiger partial charge in [-0.05, 0) is 61.7 Å². The molecule has 13 heteroatoms. The molecule has 3 aromatic rings. The molecule has 2 aliphatic heterocycles. The smallest absolute Gasteiger partial charge is 0.411 e. The minimum absolute atomic E-state index is 0.0487. The number of aromatic nitrogens is 1. The monoisotopic (exact) mass is 607 g/mol. The molecule has 224 valence electrons. The molecule has 43 heavy (non-hydrogen) atoms. The van der Waals surface area contributed by atoms with Crippen molar-refractivity contribution in [1.82, 2.24) is 10.3 Å². The topological polar surface area (TPSA) is 137 Å². The Morgan fingerprint density at radius 3 is 2.74 bits per heavy atom. The number of ether oxygens (including phenoxy) is 1. The fourth-order valence-electron chi connectivity index (χ4n) is 5.15. The number of rotatable bonds is 4. The van der Waals surface area contributed by atoms with Crippen LogP contribution in [0.5, 0.6) is 0 Å². The second-order valence-electron chi connectivity index (χ2n) is 10.5. The first-order chi connectivity index (χ1) is 20.7. The summed E-state index contributed by atoms with van der Waals surface area (Å²) < 4.78 is 19.4. The molecule has 5 rings (SSSR count). The van der Waals surface area contributed by atoms with Crippen LogP contribution in [0.2, 0.25) is 5.02 Å². The highest BCUT2D eigenvalue weighted by molar-refractivity contribution is 6.31. The zero-order valence-corrected chi connectivity index (χ0v) is 24.6. The van der Waals surface area contributed by atoms with Crippen LogP contribution < -0.4 is 21.0 Å². The number of hydrogen-bond donors (Lipinski definition) is 3. The molecule has 2 aliphatic rings. The number of benzene rings is 2. The minimum atomic E-state index is -0.894. The third-order valence-corrected chi connectivity index (χ3v) is 7.91. The molecule has 3 amide bonds. The van der Waals surface area contributed by atoms with Crippen LogP contribution in [0.25, 0.3) is 11.1 Å². The minimum Gasteiger partial charge on any atom is -0.453 e. The Morgan fingerprint density at radius 2 is 1.95 bits per heavy atom. The summed E-state index contributed by atoms with van der Waals surface area (Å²) in [5, 5.41) is 18.2. The average Bonchev–Trinajstić information content (AvgIpc) is 3.38. The van der Waals surface area contributed by atoms with E-state index >= 15 is 0 Å². The predicted molar refractivity (Wildman–Crippen MR) is 160 cm³/mol. The van der Waals surface area contributed by atoms with Gasteiger partial charge in [-0.25, -0.2) is 14.2 Å². The Bertz CT molecular complexity index is 1590. The molecule has 0 radical (unpaired) electrons. The SMILES string of the molecule is COC(=O)Nc1ccc2c(c1)NC(=O)C(C)CCCC(NC(=O)C1N=NN(c3cccc(Cl)c3F)C1C)c1cc-2ccn1. The van der Waals surface area contributed by atoms with Crippen molar-refractivity contribution in [3.05, 3.63) is 71.3 Å². The molecule has 0 aliphatic carbocycles. The quantitative estimate of drug-likeness (QED) is 0.319. The largest absolute Gasteiger partial charge is 0.453 e. The van der Waals surface area contributed by atoms with E-state index in [0.29, 0.717) is 41.9 Å². The first kappa shape index (κ1) is 29.9. The average molecular weight is 608 g/mol. The third kappa shape index (κ3) is 6.43. The molecule has 4 unspecified atom stereocenters. The molecular weight excluding hydrogens is 577 g/mol. The number of methoxy groups -OCH3 is 1. The fourth-order valence-corrected chi connectivity index (χ4v) is 5.32. The highest BCUT2D eigenvalue weighted by atomic mass is 35.5. The lowest BCUT2D eigenvalue weighted by atomic mass is 9.95. The van der Waals surface area contributed by atoms with Crippen LogP contribution in [0.3, 0.4) is 0 Å². The third-order valence-electron chi connectivity index (χ3n) is 7.61. The maximum Gasteiger partial charge on any atom is 0.411 e. The number of pyridine rings is 1. The number of halogens is 2. The summed E-state index contributed by atoms with van der Waals surface area (Å²) in [4.78, 5) is 43.0. The summed E-state index contributed by atoms with van der Waals surface area (Å²) in [5.74, 6) is -1.50. The molecule has 4 atom stereocenters. The lowest BCUT2D eigenvalue weighted by molar-refractivity contribution is -0.123. The van der Waals surface area contributed by atoms with Gasteiger partial charge in [0, 0.05) is 23.4 Å². The second-order valence-corrected chi connectivity index (χ2v) is 10.9. The van der Waals surface area contributed by atoms with Gasteiger partial charge >= 0.3 is 6.09 Å². The van der Waals surface area contributed by atoms with Gasteiger partial charge in [0.25, 0.3) is 0 Å². The van der Waals surface area contributed by atoms with Crippen molar-refractivity contribution in [2.45, 2.75) is 51.2 Å². The lowest BCUT2D eigenvalue weighted by Gasteiger charge is -2.25. The predicted octanol–water partition coefficient (Wildman–Crippen LogP) is 6.28. The van der Waals surface area contributed by atoms with Crippen LogP contribution in [0.1, 0.15) is 44.8 Å². The van der Waals surface area contributed by atoms with E-state index < -0.39 is 30.0 Å². The van der Waals surface area contributed by atoms with E-state index in [1.165, 1.54) is 24.3 Å². The van der Waals surface area contributed by atoms with Gasteiger partial charge in [-0.15, -0.1) is 0 Å². The van der Waals surface area contributed by atoms with E-state index in [1.807, 2.05) is 13.0 Å². The summed E-state index contributed by atoms with van der Waals surface area (Å²) in [7, 11) is 1.27. The van der Waals surface area contributed by atoms with Gasteiger partial charge in [0.15, 0.2) is 11.9 Å². The lowest BCUT2D eigenvalue weighted by Crippen LogP contribution is -2.44. The molecule has 0 fully saturated rings. The molecule has 3 N–H and O–H groups in total. The van der Waals surface area contributed by atoms with E-state index in [1.54, 1.807) is 43.5 Å². The summed E-state index contributed by atoms with van der Waals surface area (Å²) in [5.41, 5.74) is 3.20. The zero-order valence-electron chi connectivity index (χ0n) is 23.8. The number of nitrogens with zero attached hydrogens (tertiary/aromatic N) is 4. The Kier molecular flexibility index (Phi) is 8.86. The number of amides is 3. The molecule has 1 aromatic heterocycles. The highest BCUT2D eigenvalue weighted by Crippen LogP contribution is 2.35. The first-order valence-electron chi connectivity index (χ1n) is 13.9. The van der Waals surface area contributed by atoms with Gasteiger partial charge < -0.3 is 15.4 Å². The number of hydrogen-bond acceptors (Lipinski definition) is 8. The molecule has 0 saturated heterocycles. The molecular formula is C30H31ClFN7O4. The number of anilines is 3. The van der Waals surface area contributed by atoms with Gasteiger partial charge in [0.2, 0.25) is 11.8 Å². The summed E-state index contributed by atoms with van der Waals surface area (Å²) in [6.07, 6.45) is 2.74. The number of fused-ring (bicyclic) bond motifs is 4. The van der Waals surface area contributed by atoms with Crippen LogP contribution in [-0.2, 0) is 14.3 Å². The van der Waals surface area contributed by atoms with E-state index in [4.69, 9.17) is 16.3 Å². The van der Waals surface area contributed by atoms with Crippen LogP contribution >= 0.6 is 11.6 Å². The Morgan fingerprint density at radius 1 is 1.14 bits per heavy atom. The van der Waals surface area contributed by atoms with Gasteiger partial charge in [0.05, 0.1) is 41.3 Å². The van der Waals surface area contributed by atoms with Crippen LogP contribution in [0.15, 0.2) is 65.1 Å². The van der Waals surface area contributed by atoms with Crippen molar-refractivity contribution in [2.24, 2.45) is 16.3 Å². The zero-order chi connectivity index (χ0) is 30.7. The van der Waals surface area contributed by atoms with E-state index in [2.05, 4.69) is 31.3 Å². The van der Waals surface area contributed by atoms with Gasteiger partial charge in [-0.2, -0.15) is 5.11 Å². The second kappa shape index (κ2) is 12.7. The molecule has 2 bridgehead atoms. The van der Waals surface area contributed by atoms with E-state index in [0.717, 1.165) is 5.56 Å². The molecule has 2 aromatic carbocycles. The number of carbonyl (C=O) groups is 3. The Balaban J connectivity index is 1.42. The van der Waals surface area contributed by atoms with Crippen molar-refractivity contribution in [1.29, 1.82) is 0 Å². The molecule has 0 saturated carbocycles. The van der Waals surface area contributed by atoms with E-state index in [-0.39, 0.29) is 28.4 Å². The normalized spacial score (nSPS) is 21.6. The van der Waals surface area contributed by atoms with Crippen molar-refractivity contribution in [3.63, 3.8) is 0 Å². The summed E-state index contributed by atoms with van der Waals surface area (Å²) in [6.45, 7) is 3.58. The van der Waals surface area contributed by atoms with E-state index in [9.17, 15) is 18.8 Å². The summed E-state index contributed by atoms with van der Waals surface area (Å²) >= 11 is 5.95. The standard InChI is InChI=1S/C30H31ClFN7O4/c1-16-6-4-8-22(35-29(41)27-17(2)39(38-37-27)25-9-5-7-21(31)26(25)32)24-14-18(12-13-33-24)20-11-10-19(34-30(42)43-3)15-23(20)36-28(16)40/h5,7,9-17,22,27H,4,6,8H2,1-3H3,(H,34,42)(H,35,41)(H,36,40).